The van der Waals surface area contributed by atoms with Gasteiger partial charge in [-0.2, -0.15) is 0 Å². The molecule has 0 radical (unpaired) electrons. The van der Waals surface area contributed by atoms with Gasteiger partial charge in [0.25, 0.3) is 0 Å². The van der Waals surface area contributed by atoms with Crippen LogP contribution in [0.4, 0.5) is 0 Å². The third-order valence-corrected chi connectivity index (χ3v) is 9.63. The van der Waals surface area contributed by atoms with Crippen molar-refractivity contribution >= 4 is 32.7 Å². The molecule has 5 aromatic carbocycles. The monoisotopic (exact) mass is 679 g/mol. The number of hydrogen-bond donors (Lipinski definition) is 0. The SMILES string of the molecule is c1ccc(-c2nc3c4c(-c5ccc(-c6nc(-c7ccncc7)cc(-c7ccncc7)n6)cc5)nc5ccccc5c4ccc3n2-c2ccccc2)cc1. The minimum Gasteiger partial charge on any atom is -0.292 e. The van der Waals surface area contributed by atoms with E-state index in [-0.39, 0.29) is 0 Å². The number of benzene rings is 5. The van der Waals surface area contributed by atoms with E-state index in [1.807, 2.05) is 48.5 Å². The average molecular weight is 680 g/mol. The van der Waals surface area contributed by atoms with Gasteiger partial charge in [0, 0.05) is 69.1 Å². The van der Waals surface area contributed by atoms with Crippen LogP contribution in [0.1, 0.15) is 0 Å². The first-order valence-electron chi connectivity index (χ1n) is 17.4. The van der Waals surface area contributed by atoms with Gasteiger partial charge in [0.05, 0.1) is 33.6 Å². The van der Waals surface area contributed by atoms with Gasteiger partial charge in [-0.3, -0.25) is 14.5 Å². The second-order valence-corrected chi connectivity index (χ2v) is 12.8. The van der Waals surface area contributed by atoms with Gasteiger partial charge in [-0.1, -0.05) is 97.1 Å². The van der Waals surface area contributed by atoms with Crippen molar-refractivity contribution in [1.82, 2.24) is 34.5 Å². The number of aromatic nitrogens is 7. The van der Waals surface area contributed by atoms with Crippen LogP contribution in [0.25, 0.3) is 94.9 Å². The maximum atomic E-state index is 5.42. The van der Waals surface area contributed by atoms with E-state index in [9.17, 15) is 0 Å². The second kappa shape index (κ2) is 12.7. The Kier molecular flexibility index (Phi) is 7.32. The summed E-state index contributed by atoms with van der Waals surface area (Å²) in [6, 6.07) is 51.8. The van der Waals surface area contributed by atoms with Crippen LogP contribution in [0.3, 0.4) is 0 Å². The van der Waals surface area contributed by atoms with Gasteiger partial charge < -0.3 is 0 Å². The molecule has 0 bridgehead atoms. The molecule has 0 saturated heterocycles. The third-order valence-electron chi connectivity index (χ3n) is 9.63. The van der Waals surface area contributed by atoms with E-state index >= 15 is 0 Å². The lowest BCUT2D eigenvalue weighted by atomic mass is 9.98. The fraction of sp³-hybridized carbons (Fsp3) is 0. The zero-order valence-electron chi connectivity index (χ0n) is 28.4. The highest BCUT2D eigenvalue weighted by Gasteiger charge is 2.21. The highest BCUT2D eigenvalue weighted by atomic mass is 15.1. The van der Waals surface area contributed by atoms with E-state index in [1.54, 1.807) is 24.8 Å². The summed E-state index contributed by atoms with van der Waals surface area (Å²) in [5, 5.41) is 3.21. The van der Waals surface area contributed by atoms with Gasteiger partial charge in [-0.25, -0.2) is 19.9 Å². The third kappa shape index (κ3) is 5.39. The molecule has 10 aromatic rings. The summed E-state index contributed by atoms with van der Waals surface area (Å²) in [5.41, 5.74) is 11.3. The molecular weight excluding hydrogens is 651 g/mol. The maximum absolute atomic E-state index is 5.42. The fourth-order valence-electron chi connectivity index (χ4n) is 7.11. The Balaban J connectivity index is 1.18. The highest BCUT2D eigenvalue weighted by molar-refractivity contribution is 6.20. The summed E-state index contributed by atoms with van der Waals surface area (Å²) in [4.78, 5) is 29.2. The normalized spacial score (nSPS) is 11.4. The van der Waals surface area contributed by atoms with Crippen LogP contribution in [0.5, 0.6) is 0 Å². The first-order chi connectivity index (χ1) is 26.3. The summed E-state index contributed by atoms with van der Waals surface area (Å²) in [5.74, 6) is 1.51. The molecule has 0 saturated carbocycles. The lowest BCUT2D eigenvalue weighted by Gasteiger charge is -2.13. The first kappa shape index (κ1) is 30.4. The Morgan fingerprint density at radius 2 is 1.02 bits per heavy atom. The maximum Gasteiger partial charge on any atom is 0.160 e. The topological polar surface area (TPSA) is 82.3 Å². The highest BCUT2D eigenvalue weighted by Crippen LogP contribution is 2.40. The van der Waals surface area contributed by atoms with Crippen LogP contribution in [-0.4, -0.2) is 34.5 Å². The molecule has 7 nitrogen and oxygen atoms in total. The summed E-state index contributed by atoms with van der Waals surface area (Å²) < 4.78 is 2.25. The molecule has 0 N–H and O–H groups in total. The van der Waals surface area contributed by atoms with Crippen molar-refractivity contribution in [2.45, 2.75) is 0 Å². The molecule has 0 unspecified atom stereocenters. The summed E-state index contributed by atoms with van der Waals surface area (Å²) in [7, 11) is 0. The Hall–Kier alpha value is -7.38. The first-order valence-corrected chi connectivity index (χ1v) is 17.4. The summed E-state index contributed by atoms with van der Waals surface area (Å²) >= 11 is 0. The van der Waals surface area contributed by atoms with E-state index < -0.39 is 0 Å². The molecule has 0 aliphatic carbocycles. The zero-order chi connectivity index (χ0) is 35.1. The van der Waals surface area contributed by atoms with Crippen LogP contribution in [0, 0.1) is 0 Å². The predicted octanol–water partition coefficient (Wildman–Crippen LogP) is 10.6. The number of rotatable bonds is 6. The van der Waals surface area contributed by atoms with E-state index in [0.29, 0.717) is 5.82 Å². The summed E-state index contributed by atoms with van der Waals surface area (Å²) in [6.45, 7) is 0. The number of imidazole rings is 1. The van der Waals surface area contributed by atoms with Gasteiger partial charge >= 0.3 is 0 Å². The molecular formula is C46H29N7. The van der Waals surface area contributed by atoms with Crippen molar-refractivity contribution in [2.75, 3.05) is 0 Å². The minimum atomic E-state index is 0.630. The standard InChI is InChI=1S/C46H29N7/c1-3-9-34(10-4-1)46-52-44-41(53(46)35-11-5-2-6-12-35)20-19-37-36-13-7-8-14-38(36)49-43(42(37)44)32-15-17-33(18-16-32)45-50-39(30-21-25-47-26-22-30)29-40(51-45)31-23-27-48-28-24-31/h1-29H. The smallest absolute Gasteiger partial charge is 0.160 e. The summed E-state index contributed by atoms with van der Waals surface area (Å²) in [6.07, 6.45) is 7.12. The molecule has 248 valence electrons. The van der Waals surface area contributed by atoms with E-state index in [0.717, 1.165) is 89.1 Å². The number of fused-ring (bicyclic) bond motifs is 5. The van der Waals surface area contributed by atoms with Crippen LogP contribution in [-0.2, 0) is 0 Å². The van der Waals surface area contributed by atoms with Gasteiger partial charge in [0.1, 0.15) is 5.82 Å². The van der Waals surface area contributed by atoms with Crippen molar-refractivity contribution < 1.29 is 0 Å². The van der Waals surface area contributed by atoms with Gasteiger partial charge in [0.2, 0.25) is 0 Å². The van der Waals surface area contributed by atoms with Crippen LogP contribution >= 0.6 is 0 Å². The molecule has 0 fully saturated rings. The number of hydrogen-bond acceptors (Lipinski definition) is 6. The van der Waals surface area contributed by atoms with Crippen molar-refractivity contribution in [2.24, 2.45) is 0 Å². The molecule has 53 heavy (non-hydrogen) atoms. The van der Waals surface area contributed by atoms with Crippen LogP contribution in [0.15, 0.2) is 176 Å². The number of pyridine rings is 3. The van der Waals surface area contributed by atoms with Gasteiger partial charge in [-0.05, 0) is 60.0 Å². The van der Waals surface area contributed by atoms with Crippen molar-refractivity contribution in [1.29, 1.82) is 0 Å². The number of nitrogens with zero attached hydrogens (tertiary/aromatic N) is 7. The second-order valence-electron chi connectivity index (χ2n) is 12.8. The number of para-hydroxylation sites is 2. The van der Waals surface area contributed by atoms with Crippen LogP contribution < -0.4 is 0 Å². The fourth-order valence-corrected chi connectivity index (χ4v) is 7.11. The van der Waals surface area contributed by atoms with Gasteiger partial charge in [0.15, 0.2) is 5.82 Å². The Morgan fingerprint density at radius 3 is 1.70 bits per heavy atom. The quantitative estimate of drug-likeness (QED) is 0.163. The van der Waals surface area contributed by atoms with E-state index in [1.165, 1.54) is 0 Å². The van der Waals surface area contributed by atoms with Crippen molar-refractivity contribution in [3.8, 4) is 62.2 Å². The average Bonchev–Trinajstić information content (AvgIpc) is 3.65. The predicted molar refractivity (Wildman–Crippen MR) is 212 cm³/mol. The molecule has 0 spiro atoms. The van der Waals surface area contributed by atoms with Gasteiger partial charge in [-0.15, -0.1) is 0 Å². The van der Waals surface area contributed by atoms with E-state index in [2.05, 4.69) is 118 Å². The molecule has 0 aliphatic rings. The molecule has 7 heteroatoms. The van der Waals surface area contributed by atoms with E-state index in [4.69, 9.17) is 19.9 Å². The Labute approximate surface area is 305 Å². The molecule has 0 amide bonds. The Bertz CT molecular complexity index is 2850. The largest absolute Gasteiger partial charge is 0.292 e. The Morgan fingerprint density at radius 1 is 0.415 bits per heavy atom. The minimum absolute atomic E-state index is 0.630. The lowest BCUT2D eigenvalue weighted by Crippen LogP contribution is -1.97. The molecule has 5 heterocycles. The van der Waals surface area contributed by atoms with Crippen molar-refractivity contribution in [3.63, 3.8) is 0 Å². The lowest BCUT2D eigenvalue weighted by molar-refractivity contribution is 1.10. The molecule has 10 rings (SSSR count). The molecule has 5 aromatic heterocycles. The molecule has 0 atom stereocenters. The zero-order valence-corrected chi connectivity index (χ0v) is 28.4. The van der Waals surface area contributed by atoms with Crippen LogP contribution in [0.2, 0.25) is 0 Å². The van der Waals surface area contributed by atoms with Crippen molar-refractivity contribution in [3.05, 3.63) is 176 Å². The molecule has 0 aliphatic heterocycles.